The third-order valence-corrected chi connectivity index (χ3v) is 4.66. The highest BCUT2D eigenvalue weighted by molar-refractivity contribution is 8.01. The Morgan fingerprint density at radius 1 is 1.08 bits per heavy atom. The largest absolute Gasteiger partial charge is 0.355 e. The third-order valence-electron chi connectivity index (χ3n) is 3.52. The molecule has 0 spiro atoms. The van der Waals surface area contributed by atoms with Gasteiger partial charge in [-0.15, -0.1) is 11.8 Å². The van der Waals surface area contributed by atoms with Gasteiger partial charge in [-0.3, -0.25) is 9.59 Å². The topological polar surface area (TPSA) is 58.2 Å². The van der Waals surface area contributed by atoms with Crippen molar-refractivity contribution in [1.29, 1.82) is 0 Å². The number of amides is 2. The van der Waals surface area contributed by atoms with Crippen molar-refractivity contribution < 1.29 is 14.0 Å². The van der Waals surface area contributed by atoms with Gasteiger partial charge in [0.2, 0.25) is 11.8 Å². The Bertz CT molecular complexity index is 692. The zero-order valence-electron chi connectivity index (χ0n) is 14.0. The maximum Gasteiger partial charge on any atom is 0.234 e. The highest BCUT2D eigenvalue weighted by Gasteiger charge is 2.14. The number of anilines is 1. The number of nitrogens with one attached hydrogen (secondary N) is 2. The first-order valence-corrected chi connectivity index (χ1v) is 9.08. The molecule has 0 radical (unpaired) electrons. The first kappa shape index (κ1) is 19.0. The summed E-state index contributed by atoms with van der Waals surface area (Å²) >= 11 is 1.26. The van der Waals surface area contributed by atoms with E-state index in [2.05, 4.69) is 10.6 Å². The Morgan fingerprint density at radius 3 is 2.44 bits per heavy atom. The third kappa shape index (κ3) is 6.97. The van der Waals surface area contributed by atoms with Crippen LogP contribution >= 0.6 is 11.8 Å². The van der Waals surface area contributed by atoms with E-state index in [4.69, 9.17) is 0 Å². The number of thioether (sulfide) groups is 1. The van der Waals surface area contributed by atoms with Crippen molar-refractivity contribution in [2.24, 2.45) is 0 Å². The predicted octanol–water partition coefficient (Wildman–Crippen LogP) is 3.24. The molecule has 25 heavy (non-hydrogen) atoms. The summed E-state index contributed by atoms with van der Waals surface area (Å²) in [5.74, 6) is -0.505. The van der Waals surface area contributed by atoms with Crippen LogP contribution in [0.25, 0.3) is 0 Å². The van der Waals surface area contributed by atoms with Crippen molar-refractivity contribution in [2.75, 3.05) is 17.6 Å². The number of halogens is 1. The van der Waals surface area contributed by atoms with E-state index in [0.29, 0.717) is 12.2 Å². The van der Waals surface area contributed by atoms with Gasteiger partial charge in [-0.05, 0) is 43.2 Å². The second-order valence-electron chi connectivity index (χ2n) is 5.53. The van der Waals surface area contributed by atoms with Crippen LogP contribution < -0.4 is 10.6 Å². The standard InChI is InChI=1S/C19H21FN2O2S/c1-14(19(24)21-12-11-15-5-3-2-4-6-15)25-13-18(23)22-17-9-7-16(20)8-10-17/h2-10,14H,11-13H2,1H3,(H,21,24)(H,22,23). The maximum atomic E-state index is 12.8. The zero-order chi connectivity index (χ0) is 18.1. The number of carbonyl (C=O) groups excluding carboxylic acids is 2. The van der Waals surface area contributed by atoms with Gasteiger partial charge in [0, 0.05) is 12.2 Å². The molecule has 1 unspecified atom stereocenters. The molecule has 2 N–H and O–H groups in total. The van der Waals surface area contributed by atoms with E-state index < -0.39 is 0 Å². The normalized spacial score (nSPS) is 11.6. The molecule has 132 valence electrons. The summed E-state index contributed by atoms with van der Waals surface area (Å²) in [6, 6.07) is 15.5. The molecule has 0 aliphatic carbocycles. The molecule has 2 aromatic rings. The van der Waals surface area contributed by atoms with Crippen LogP contribution in [0.4, 0.5) is 10.1 Å². The Labute approximate surface area is 151 Å². The van der Waals surface area contributed by atoms with Crippen LogP contribution in [0.1, 0.15) is 12.5 Å². The van der Waals surface area contributed by atoms with Crippen LogP contribution in [0.3, 0.4) is 0 Å². The second-order valence-corrected chi connectivity index (χ2v) is 6.86. The minimum absolute atomic E-state index is 0.0875. The molecule has 1 atom stereocenters. The smallest absolute Gasteiger partial charge is 0.234 e. The number of carbonyl (C=O) groups is 2. The molecule has 0 fully saturated rings. The fourth-order valence-electron chi connectivity index (χ4n) is 2.13. The number of benzene rings is 2. The van der Waals surface area contributed by atoms with Crippen LogP contribution in [0, 0.1) is 5.82 Å². The first-order chi connectivity index (χ1) is 12.0. The Morgan fingerprint density at radius 2 is 1.76 bits per heavy atom. The van der Waals surface area contributed by atoms with Crippen molar-refractivity contribution in [2.45, 2.75) is 18.6 Å². The summed E-state index contributed by atoms with van der Waals surface area (Å²) in [5.41, 5.74) is 1.70. The number of rotatable bonds is 8. The monoisotopic (exact) mass is 360 g/mol. The molecule has 0 aliphatic rings. The van der Waals surface area contributed by atoms with E-state index in [-0.39, 0.29) is 28.6 Å². The van der Waals surface area contributed by atoms with Gasteiger partial charge in [0.25, 0.3) is 0 Å². The van der Waals surface area contributed by atoms with Crippen LogP contribution in [0.15, 0.2) is 54.6 Å². The minimum Gasteiger partial charge on any atom is -0.355 e. The fraction of sp³-hybridized carbons (Fsp3) is 0.263. The lowest BCUT2D eigenvalue weighted by molar-refractivity contribution is -0.120. The van der Waals surface area contributed by atoms with Crippen molar-refractivity contribution in [3.8, 4) is 0 Å². The van der Waals surface area contributed by atoms with Gasteiger partial charge < -0.3 is 10.6 Å². The molecule has 0 bridgehead atoms. The molecular weight excluding hydrogens is 339 g/mol. The Hall–Kier alpha value is -2.34. The second kappa shape index (κ2) is 9.84. The summed E-state index contributed by atoms with van der Waals surface area (Å²) in [6.45, 7) is 2.34. The lowest BCUT2D eigenvalue weighted by Gasteiger charge is -2.12. The van der Waals surface area contributed by atoms with Crippen LogP contribution in [-0.2, 0) is 16.0 Å². The number of hydrogen-bond acceptors (Lipinski definition) is 3. The summed E-state index contributed by atoms with van der Waals surface area (Å²) in [4.78, 5) is 23.9. The van der Waals surface area contributed by atoms with E-state index in [1.165, 1.54) is 41.6 Å². The molecule has 2 amide bonds. The quantitative estimate of drug-likeness (QED) is 0.760. The molecule has 6 heteroatoms. The van der Waals surface area contributed by atoms with E-state index in [1.54, 1.807) is 6.92 Å². The molecule has 0 aromatic heterocycles. The van der Waals surface area contributed by atoms with Gasteiger partial charge in [0.1, 0.15) is 5.82 Å². The van der Waals surface area contributed by atoms with Crippen LogP contribution in [0.5, 0.6) is 0 Å². The first-order valence-electron chi connectivity index (χ1n) is 8.03. The maximum absolute atomic E-state index is 12.8. The molecule has 0 saturated heterocycles. The lowest BCUT2D eigenvalue weighted by Crippen LogP contribution is -2.33. The van der Waals surface area contributed by atoms with Crippen molar-refractivity contribution in [3.05, 3.63) is 66.0 Å². The molecule has 0 heterocycles. The molecule has 0 saturated carbocycles. The molecule has 0 aliphatic heterocycles. The Kier molecular flexibility index (Phi) is 7.47. The summed E-state index contributed by atoms with van der Waals surface area (Å²) in [7, 11) is 0. The van der Waals surface area contributed by atoms with Gasteiger partial charge >= 0.3 is 0 Å². The Balaban J connectivity index is 1.66. The molecule has 2 rings (SSSR count). The van der Waals surface area contributed by atoms with Crippen molar-refractivity contribution >= 4 is 29.3 Å². The van der Waals surface area contributed by atoms with E-state index >= 15 is 0 Å². The lowest BCUT2D eigenvalue weighted by atomic mass is 10.1. The van der Waals surface area contributed by atoms with Gasteiger partial charge in [-0.25, -0.2) is 4.39 Å². The predicted molar refractivity (Wildman–Crippen MR) is 100 cm³/mol. The highest BCUT2D eigenvalue weighted by Crippen LogP contribution is 2.13. The summed E-state index contributed by atoms with van der Waals surface area (Å²) in [5, 5.41) is 5.22. The van der Waals surface area contributed by atoms with Gasteiger partial charge in [0.05, 0.1) is 11.0 Å². The molecule has 4 nitrogen and oxygen atoms in total. The SMILES string of the molecule is CC(SCC(=O)Nc1ccc(F)cc1)C(=O)NCCc1ccccc1. The van der Waals surface area contributed by atoms with Crippen LogP contribution in [-0.4, -0.2) is 29.4 Å². The zero-order valence-corrected chi connectivity index (χ0v) is 14.8. The molecule has 2 aromatic carbocycles. The fourth-order valence-corrected chi connectivity index (χ4v) is 2.83. The van der Waals surface area contributed by atoms with E-state index in [1.807, 2.05) is 30.3 Å². The average Bonchev–Trinajstić information content (AvgIpc) is 2.62. The van der Waals surface area contributed by atoms with E-state index in [0.717, 1.165) is 6.42 Å². The number of hydrogen-bond donors (Lipinski definition) is 2. The average molecular weight is 360 g/mol. The van der Waals surface area contributed by atoms with E-state index in [9.17, 15) is 14.0 Å². The van der Waals surface area contributed by atoms with Gasteiger partial charge in [-0.2, -0.15) is 0 Å². The summed E-state index contributed by atoms with van der Waals surface area (Å²) < 4.78 is 12.8. The summed E-state index contributed by atoms with van der Waals surface area (Å²) in [6.07, 6.45) is 0.773. The highest BCUT2D eigenvalue weighted by atomic mass is 32.2. The van der Waals surface area contributed by atoms with Crippen LogP contribution in [0.2, 0.25) is 0 Å². The van der Waals surface area contributed by atoms with Gasteiger partial charge in [0.15, 0.2) is 0 Å². The van der Waals surface area contributed by atoms with Gasteiger partial charge in [-0.1, -0.05) is 30.3 Å². The van der Waals surface area contributed by atoms with Crippen molar-refractivity contribution in [3.63, 3.8) is 0 Å². The minimum atomic E-state index is -0.354. The molecular formula is C19H21FN2O2S. The van der Waals surface area contributed by atoms with Crippen molar-refractivity contribution in [1.82, 2.24) is 5.32 Å².